The molecule has 0 radical (unpaired) electrons. The Balaban J connectivity index is 2.46. The summed E-state index contributed by atoms with van der Waals surface area (Å²) in [6, 6.07) is 5.50. The summed E-state index contributed by atoms with van der Waals surface area (Å²) in [6.07, 6.45) is 0. The van der Waals surface area contributed by atoms with Crippen LogP contribution in [0.5, 0.6) is 5.75 Å². The maximum Gasteiger partial charge on any atom is 0.130 e. The molecule has 0 saturated heterocycles. The van der Waals surface area contributed by atoms with E-state index in [9.17, 15) is 0 Å². The molecule has 16 heavy (non-hydrogen) atoms. The predicted octanol–water partition coefficient (Wildman–Crippen LogP) is 4.21. The van der Waals surface area contributed by atoms with Crippen LogP contribution in [0.2, 0.25) is 5.02 Å². The lowest BCUT2D eigenvalue weighted by atomic mass is 10.2. The molecule has 0 aliphatic rings. The number of nitrogens with zero attached hydrogens (tertiary/aromatic N) is 1. The van der Waals surface area contributed by atoms with Gasteiger partial charge in [0.25, 0.3) is 0 Å². The van der Waals surface area contributed by atoms with E-state index in [1.54, 1.807) is 24.5 Å². The molecule has 0 aliphatic carbocycles. The number of thiazole rings is 1. The molecule has 0 bridgehead atoms. The minimum absolute atomic E-state index is 0.423. The first kappa shape index (κ1) is 11.7. The van der Waals surface area contributed by atoms with Gasteiger partial charge in [-0.25, -0.2) is 4.98 Å². The van der Waals surface area contributed by atoms with Gasteiger partial charge in [0.2, 0.25) is 0 Å². The van der Waals surface area contributed by atoms with Crippen molar-refractivity contribution < 1.29 is 4.74 Å². The van der Waals surface area contributed by atoms with Gasteiger partial charge >= 0.3 is 0 Å². The summed E-state index contributed by atoms with van der Waals surface area (Å²) >= 11 is 13.2. The summed E-state index contributed by atoms with van der Waals surface area (Å²) in [4.78, 5) is 4.40. The third kappa shape index (κ3) is 2.32. The maximum absolute atomic E-state index is 5.90. The Bertz CT molecular complexity index is 498. The predicted molar refractivity (Wildman–Crippen MR) is 68.7 cm³/mol. The van der Waals surface area contributed by atoms with Gasteiger partial charge in [-0.2, -0.15) is 0 Å². The van der Waals surface area contributed by atoms with Crippen LogP contribution in [0.3, 0.4) is 0 Å². The molecule has 0 unspecified atom stereocenters. The normalized spacial score (nSPS) is 10.4. The second-order valence-electron chi connectivity index (χ2n) is 3.12. The summed E-state index contributed by atoms with van der Waals surface area (Å²) in [5, 5.41) is 3.48. The van der Waals surface area contributed by atoms with Crippen LogP contribution in [0, 0.1) is 0 Å². The van der Waals surface area contributed by atoms with Gasteiger partial charge in [-0.3, -0.25) is 0 Å². The summed E-state index contributed by atoms with van der Waals surface area (Å²) < 4.78 is 5.27. The summed E-state index contributed by atoms with van der Waals surface area (Å²) in [7, 11) is 1.62. The zero-order chi connectivity index (χ0) is 11.5. The number of alkyl halides is 1. The number of rotatable bonds is 3. The van der Waals surface area contributed by atoms with Crippen LogP contribution >= 0.6 is 34.5 Å². The monoisotopic (exact) mass is 273 g/mol. The number of halogens is 2. The van der Waals surface area contributed by atoms with Gasteiger partial charge in [-0.05, 0) is 18.2 Å². The SMILES string of the molecule is COc1cc(Cl)ccc1-c1nc(CCl)cs1. The van der Waals surface area contributed by atoms with E-state index in [4.69, 9.17) is 27.9 Å². The highest BCUT2D eigenvalue weighted by atomic mass is 35.5. The van der Waals surface area contributed by atoms with E-state index >= 15 is 0 Å². The highest BCUT2D eigenvalue weighted by Gasteiger charge is 2.10. The molecule has 0 atom stereocenters. The Hall–Kier alpha value is -0.770. The summed E-state index contributed by atoms with van der Waals surface area (Å²) in [5.74, 6) is 1.15. The number of ether oxygens (including phenoxy) is 1. The fraction of sp³-hybridized carbons (Fsp3) is 0.182. The van der Waals surface area contributed by atoms with Crippen molar-refractivity contribution in [3.05, 3.63) is 34.3 Å². The van der Waals surface area contributed by atoms with Gasteiger partial charge < -0.3 is 4.74 Å². The Kier molecular flexibility index (Phi) is 3.69. The number of aromatic nitrogens is 1. The van der Waals surface area contributed by atoms with Crippen LogP contribution in [-0.4, -0.2) is 12.1 Å². The van der Waals surface area contributed by atoms with Crippen LogP contribution in [0.1, 0.15) is 5.69 Å². The third-order valence-electron chi connectivity index (χ3n) is 2.08. The van der Waals surface area contributed by atoms with E-state index in [0.29, 0.717) is 10.9 Å². The lowest BCUT2D eigenvalue weighted by Crippen LogP contribution is -1.87. The highest BCUT2D eigenvalue weighted by Crippen LogP contribution is 2.34. The van der Waals surface area contributed by atoms with Crippen molar-refractivity contribution in [1.29, 1.82) is 0 Å². The van der Waals surface area contributed by atoms with E-state index < -0.39 is 0 Å². The lowest BCUT2D eigenvalue weighted by Gasteiger charge is -2.05. The second-order valence-corrected chi connectivity index (χ2v) is 4.68. The Morgan fingerprint density at radius 1 is 1.44 bits per heavy atom. The van der Waals surface area contributed by atoms with Crippen molar-refractivity contribution in [2.45, 2.75) is 5.88 Å². The van der Waals surface area contributed by atoms with E-state index in [2.05, 4.69) is 4.98 Å². The molecule has 0 fully saturated rings. The van der Waals surface area contributed by atoms with Crippen molar-refractivity contribution >= 4 is 34.5 Å². The molecule has 1 aromatic carbocycles. The minimum Gasteiger partial charge on any atom is -0.496 e. The molecule has 1 aromatic heterocycles. The number of hydrogen-bond acceptors (Lipinski definition) is 3. The lowest BCUT2D eigenvalue weighted by molar-refractivity contribution is 0.416. The topological polar surface area (TPSA) is 22.1 Å². The van der Waals surface area contributed by atoms with E-state index in [0.717, 1.165) is 22.0 Å². The molecule has 0 amide bonds. The maximum atomic E-state index is 5.90. The molecule has 2 aromatic rings. The van der Waals surface area contributed by atoms with E-state index in [1.807, 2.05) is 17.5 Å². The number of hydrogen-bond donors (Lipinski definition) is 0. The molecule has 0 N–H and O–H groups in total. The van der Waals surface area contributed by atoms with Crippen molar-refractivity contribution in [2.75, 3.05) is 7.11 Å². The summed E-state index contributed by atoms with van der Waals surface area (Å²) in [5.41, 5.74) is 1.81. The van der Waals surface area contributed by atoms with E-state index in [-0.39, 0.29) is 0 Å². The molecule has 0 aliphatic heterocycles. The van der Waals surface area contributed by atoms with Crippen LogP contribution in [0.4, 0.5) is 0 Å². The standard InChI is InChI=1S/C11H9Cl2NOS/c1-15-10-4-7(13)2-3-9(10)11-14-8(5-12)6-16-11/h2-4,6H,5H2,1H3. The second kappa shape index (κ2) is 5.04. The molecule has 0 spiro atoms. The molecule has 5 heteroatoms. The Morgan fingerprint density at radius 3 is 2.88 bits per heavy atom. The first-order chi connectivity index (χ1) is 7.74. The molecule has 84 valence electrons. The third-order valence-corrected chi connectivity index (χ3v) is 3.52. The zero-order valence-electron chi connectivity index (χ0n) is 8.54. The fourth-order valence-corrected chi connectivity index (χ4v) is 2.57. The molecule has 2 rings (SSSR count). The number of methoxy groups -OCH3 is 1. The van der Waals surface area contributed by atoms with Crippen molar-refractivity contribution in [3.8, 4) is 16.3 Å². The first-order valence-electron chi connectivity index (χ1n) is 4.59. The van der Waals surface area contributed by atoms with Gasteiger partial charge in [-0.1, -0.05) is 11.6 Å². The zero-order valence-corrected chi connectivity index (χ0v) is 10.9. The van der Waals surface area contributed by atoms with Gasteiger partial charge in [-0.15, -0.1) is 22.9 Å². The highest BCUT2D eigenvalue weighted by molar-refractivity contribution is 7.13. The average Bonchev–Trinajstić information content (AvgIpc) is 2.77. The number of benzene rings is 1. The quantitative estimate of drug-likeness (QED) is 0.782. The summed E-state index contributed by atoms with van der Waals surface area (Å²) in [6.45, 7) is 0. The fourth-order valence-electron chi connectivity index (χ4n) is 1.33. The van der Waals surface area contributed by atoms with Crippen LogP contribution in [-0.2, 0) is 5.88 Å². The average molecular weight is 274 g/mol. The van der Waals surface area contributed by atoms with E-state index in [1.165, 1.54) is 0 Å². The van der Waals surface area contributed by atoms with Gasteiger partial charge in [0.05, 0.1) is 24.2 Å². The Labute approximate surface area is 108 Å². The van der Waals surface area contributed by atoms with Crippen molar-refractivity contribution in [3.63, 3.8) is 0 Å². The molecule has 0 saturated carbocycles. The van der Waals surface area contributed by atoms with Gasteiger partial charge in [0.1, 0.15) is 10.8 Å². The molecular formula is C11H9Cl2NOS. The van der Waals surface area contributed by atoms with Crippen LogP contribution < -0.4 is 4.74 Å². The first-order valence-corrected chi connectivity index (χ1v) is 6.38. The van der Waals surface area contributed by atoms with Crippen molar-refractivity contribution in [1.82, 2.24) is 4.98 Å². The molecular weight excluding hydrogens is 265 g/mol. The smallest absolute Gasteiger partial charge is 0.130 e. The van der Waals surface area contributed by atoms with Gasteiger partial charge in [0.15, 0.2) is 0 Å². The Morgan fingerprint density at radius 2 is 2.25 bits per heavy atom. The largest absolute Gasteiger partial charge is 0.496 e. The van der Waals surface area contributed by atoms with Crippen LogP contribution in [0.25, 0.3) is 10.6 Å². The molecule has 2 nitrogen and oxygen atoms in total. The minimum atomic E-state index is 0.423. The van der Waals surface area contributed by atoms with Crippen molar-refractivity contribution in [2.24, 2.45) is 0 Å². The molecule has 1 heterocycles. The van der Waals surface area contributed by atoms with Gasteiger partial charge in [0, 0.05) is 10.4 Å². The van der Waals surface area contributed by atoms with Crippen LogP contribution in [0.15, 0.2) is 23.6 Å².